The molecule has 1 aromatic carbocycles. The van der Waals surface area contributed by atoms with Crippen molar-refractivity contribution in [1.29, 1.82) is 0 Å². The van der Waals surface area contributed by atoms with Gasteiger partial charge in [0.25, 0.3) is 5.91 Å². The molecule has 5 fully saturated rings. The second kappa shape index (κ2) is 5.85. The van der Waals surface area contributed by atoms with Crippen molar-refractivity contribution in [2.45, 2.75) is 44.1 Å². The molecular formula is C23H27N3O2. The summed E-state index contributed by atoms with van der Waals surface area (Å²) in [5.41, 5.74) is 1.74. The van der Waals surface area contributed by atoms with Crippen molar-refractivity contribution in [2.75, 3.05) is 13.1 Å². The second-order valence-electron chi connectivity index (χ2n) is 9.84. The third kappa shape index (κ3) is 2.51. The van der Waals surface area contributed by atoms with Crippen molar-refractivity contribution >= 4 is 22.7 Å². The van der Waals surface area contributed by atoms with Gasteiger partial charge in [0.1, 0.15) is 0 Å². The zero-order chi connectivity index (χ0) is 18.9. The minimum atomic E-state index is -0.0536. The highest BCUT2D eigenvalue weighted by molar-refractivity contribution is 6.07. The normalized spacial score (nSPS) is 33.9. The first-order valence-corrected chi connectivity index (χ1v) is 10.8. The van der Waals surface area contributed by atoms with Gasteiger partial charge in [0, 0.05) is 35.7 Å². The van der Waals surface area contributed by atoms with E-state index in [4.69, 9.17) is 0 Å². The lowest BCUT2D eigenvalue weighted by molar-refractivity contribution is -0.134. The highest BCUT2D eigenvalue weighted by atomic mass is 16.2. The number of rotatable bonds is 3. The molecule has 0 atom stereocenters. The van der Waals surface area contributed by atoms with Crippen molar-refractivity contribution in [3.63, 3.8) is 0 Å². The molecule has 2 heterocycles. The van der Waals surface area contributed by atoms with Crippen molar-refractivity contribution < 1.29 is 9.59 Å². The summed E-state index contributed by atoms with van der Waals surface area (Å²) in [5.74, 6) is 2.62. The number of hydrogen-bond donors (Lipinski definition) is 2. The zero-order valence-corrected chi connectivity index (χ0v) is 16.1. The van der Waals surface area contributed by atoms with Crippen LogP contribution in [0.5, 0.6) is 0 Å². The quantitative estimate of drug-likeness (QED) is 0.862. The molecular weight excluding hydrogens is 350 g/mol. The average molecular weight is 377 g/mol. The van der Waals surface area contributed by atoms with Gasteiger partial charge >= 0.3 is 0 Å². The standard InChI is InChI=1S/C23H27N3O2/c27-21(25-23-8-14-5-15(9-23)7-16(6-14)10-23)17-12-26(13-17)22(28)19-11-24-20-4-2-1-3-18(19)20/h1-4,11,14-17,24H,5-10,12-13H2,(H,25,27). The van der Waals surface area contributed by atoms with Crippen LogP contribution in [0.4, 0.5) is 0 Å². The monoisotopic (exact) mass is 377 g/mol. The molecule has 0 unspecified atom stereocenters. The van der Waals surface area contributed by atoms with Crippen molar-refractivity contribution in [1.82, 2.24) is 15.2 Å². The minimum Gasteiger partial charge on any atom is -0.360 e. The average Bonchev–Trinajstić information content (AvgIpc) is 3.02. The van der Waals surface area contributed by atoms with E-state index in [1.807, 2.05) is 24.3 Å². The first kappa shape index (κ1) is 16.6. The van der Waals surface area contributed by atoms with Crippen molar-refractivity contribution in [2.24, 2.45) is 23.7 Å². The van der Waals surface area contributed by atoms with Gasteiger partial charge in [0.2, 0.25) is 5.91 Å². The number of likely N-dealkylation sites (tertiary alicyclic amines) is 1. The van der Waals surface area contributed by atoms with Gasteiger partial charge in [0.15, 0.2) is 0 Å². The molecule has 5 heteroatoms. The van der Waals surface area contributed by atoms with Crippen LogP contribution in [0.2, 0.25) is 0 Å². The number of aromatic nitrogens is 1. The van der Waals surface area contributed by atoms with Gasteiger partial charge in [-0.1, -0.05) is 18.2 Å². The molecule has 4 aliphatic carbocycles. The van der Waals surface area contributed by atoms with Crippen LogP contribution < -0.4 is 5.32 Å². The molecule has 4 bridgehead atoms. The van der Waals surface area contributed by atoms with E-state index in [2.05, 4.69) is 10.3 Å². The van der Waals surface area contributed by atoms with Gasteiger partial charge in [-0.25, -0.2) is 0 Å². The van der Waals surface area contributed by atoms with E-state index in [1.165, 1.54) is 38.5 Å². The van der Waals surface area contributed by atoms with Gasteiger partial charge in [-0.3, -0.25) is 9.59 Å². The summed E-state index contributed by atoms with van der Waals surface area (Å²) in [4.78, 5) is 30.7. The lowest BCUT2D eigenvalue weighted by atomic mass is 9.53. The van der Waals surface area contributed by atoms with Crippen LogP contribution in [0, 0.1) is 23.7 Å². The maximum Gasteiger partial charge on any atom is 0.256 e. The maximum atomic E-state index is 12.9. The molecule has 4 saturated carbocycles. The molecule has 0 radical (unpaired) electrons. The number of carbonyl (C=O) groups is 2. The lowest BCUT2D eigenvalue weighted by Gasteiger charge is -2.57. The molecule has 5 aliphatic rings. The molecule has 2 N–H and O–H groups in total. The molecule has 1 aromatic heterocycles. The highest BCUT2D eigenvalue weighted by Gasteiger charge is 2.52. The SMILES string of the molecule is O=C(NC12CC3CC(CC(C3)C1)C2)C1CN(C(=O)c2c[nH]c3ccccc23)C1. The Morgan fingerprint density at radius 3 is 2.32 bits per heavy atom. The highest BCUT2D eigenvalue weighted by Crippen LogP contribution is 2.55. The van der Waals surface area contributed by atoms with Gasteiger partial charge in [0.05, 0.1) is 11.5 Å². The maximum absolute atomic E-state index is 12.9. The summed E-state index contributed by atoms with van der Waals surface area (Å²) < 4.78 is 0. The Morgan fingerprint density at radius 1 is 1.00 bits per heavy atom. The summed E-state index contributed by atoms with van der Waals surface area (Å²) in [6.07, 6.45) is 9.46. The molecule has 28 heavy (non-hydrogen) atoms. The lowest BCUT2D eigenvalue weighted by Crippen LogP contribution is -2.64. The van der Waals surface area contributed by atoms with Crippen LogP contribution >= 0.6 is 0 Å². The van der Waals surface area contributed by atoms with Crippen LogP contribution in [0.15, 0.2) is 30.5 Å². The molecule has 2 amide bonds. The number of H-pyrrole nitrogens is 1. The molecule has 5 nitrogen and oxygen atoms in total. The fourth-order valence-electron chi connectivity index (χ4n) is 6.86. The van der Waals surface area contributed by atoms with Crippen LogP contribution in [0.3, 0.4) is 0 Å². The largest absolute Gasteiger partial charge is 0.360 e. The third-order valence-corrected chi connectivity index (χ3v) is 7.79. The summed E-state index contributed by atoms with van der Waals surface area (Å²) in [7, 11) is 0. The summed E-state index contributed by atoms with van der Waals surface area (Å²) >= 11 is 0. The van der Waals surface area contributed by atoms with Gasteiger partial charge < -0.3 is 15.2 Å². The van der Waals surface area contributed by atoms with E-state index in [9.17, 15) is 9.59 Å². The Balaban J connectivity index is 1.11. The number of carbonyl (C=O) groups excluding carboxylic acids is 2. The number of aromatic amines is 1. The predicted octanol–water partition coefficient (Wildman–Crippen LogP) is 3.32. The van der Waals surface area contributed by atoms with E-state index in [0.29, 0.717) is 18.7 Å². The van der Waals surface area contributed by atoms with Gasteiger partial charge in [-0.15, -0.1) is 0 Å². The van der Waals surface area contributed by atoms with Crippen LogP contribution in [0.25, 0.3) is 10.9 Å². The van der Waals surface area contributed by atoms with E-state index in [1.54, 1.807) is 11.1 Å². The Morgan fingerprint density at radius 2 is 1.64 bits per heavy atom. The number of nitrogens with zero attached hydrogens (tertiary/aromatic N) is 1. The molecule has 7 rings (SSSR count). The van der Waals surface area contributed by atoms with E-state index in [0.717, 1.165) is 28.7 Å². The summed E-state index contributed by atoms with van der Waals surface area (Å²) in [6.45, 7) is 1.08. The van der Waals surface area contributed by atoms with E-state index in [-0.39, 0.29) is 23.3 Å². The number of para-hydroxylation sites is 1. The fourth-order valence-corrected chi connectivity index (χ4v) is 6.86. The van der Waals surface area contributed by atoms with Crippen LogP contribution in [-0.2, 0) is 4.79 Å². The van der Waals surface area contributed by atoms with Crippen molar-refractivity contribution in [3.8, 4) is 0 Å². The second-order valence-corrected chi connectivity index (χ2v) is 9.84. The Labute approximate surface area is 164 Å². The molecule has 2 aromatic rings. The smallest absolute Gasteiger partial charge is 0.256 e. The first-order valence-electron chi connectivity index (χ1n) is 10.8. The van der Waals surface area contributed by atoms with E-state index < -0.39 is 0 Å². The Hall–Kier alpha value is -2.30. The molecule has 146 valence electrons. The summed E-state index contributed by atoms with van der Waals surface area (Å²) in [6, 6.07) is 7.85. The molecule has 0 spiro atoms. The number of benzene rings is 1. The van der Waals surface area contributed by atoms with Crippen molar-refractivity contribution in [3.05, 3.63) is 36.0 Å². The van der Waals surface area contributed by atoms with E-state index >= 15 is 0 Å². The molecule has 1 aliphatic heterocycles. The minimum absolute atomic E-state index is 0.0244. The van der Waals surface area contributed by atoms with Gasteiger partial charge in [-0.05, 0) is 62.3 Å². The van der Waals surface area contributed by atoms with Crippen LogP contribution in [0.1, 0.15) is 48.9 Å². The van der Waals surface area contributed by atoms with Gasteiger partial charge in [-0.2, -0.15) is 0 Å². The number of fused-ring (bicyclic) bond motifs is 1. The predicted molar refractivity (Wildman–Crippen MR) is 107 cm³/mol. The number of nitrogens with one attached hydrogen (secondary N) is 2. The van der Waals surface area contributed by atoms with Crippen LogP contribution in [-0.4, -0.2) is 40.3 Å². The third-order valence-electron chi connectivity index (χ3n) is 7.79. The number of amides is 2. The summed E-state index contributed by atoms with van der Waals surface area (Å²) in [5, 5.41) is 4.42. The Bertz CT molecular complexity index is 920. The first-order chi connectivity index (χ1) is 13.6. The Kier molecular flexibility index (Phi) is 3.48. The zero-order valence-electron chi connectivity index (χ0n) is 16.1. The molecule has 1 saturated heterocycles. The number of hydrogen-bond acceptors (Lipinski definition) is 2. The fraction of sp³-hybridized carbons (Fsp3) is 0.565. The topological polar surface area (TPSA) is 65.2 Å².